The number of aliphatic carboxylic acids is 1. The van der Waals surface area contributed by atoms with Gasteiger partial charge in [0.25, 0.3) is 5.91 Å². The number of amides is 1. The average Bonchev–Trinajstić information content (AvgIpc) is 2.59. The molecule has 1 saturated heterocycles. The maximum Gasteiger partial charge on any atom is 0.303 e. The van der Waals surface area contributed by atoms with Crippen molar-refractivity contribution in [3.05, 3.63) is 24.3 Å². The third-order valence-corrected chi connectivity index (χ3v) is 4.39. The monoisotopic (exact) mass is 319 g/mol. The number of hydrogen-bond donors (Lipinski definition) is 1. The molecule has 1 amide bonds. The Hall–Kier alpha value is -2.24. The molecule has 2 atom stereocenters. The molecule has 23 heavy (non-hydrogen) atoms. The van der Waals surface area contributed by atoms with Crippen molar-refractivity contribution in [1.29, 1.82) is 0 Å². The number of piperidine rings is 1. The normalized spacial score (nSPS) is 23.4. The molecule has 2 aliphatic rings. The molecule has 0 aliphatic carbocycles. The van der Waals surface area contributed by atoms with E-state index < -0.39 is 12.1 Å². The maximum absolute atomic E-state index is 12.8. The molecule has 6 nitrogen and oxygen atoms in total. The lowest BCUT2D eigenvalue weighted by atomic mass is 9.97. The summed E-state index contributed by atoms with van der Waals surface area (Å²) in [6, 6.07) is 7.27. The van der Waals surface area contributed by atoms with E-state index in [0.29, 0.717) is 24.5 Å². The number of ether oxygens (including phenoxy) is 2. The number of para-hydroxylation sites is 2. The second kappa shape index (κ2) is 6.89. The molecule has 1 aromatic carbocycles. The van der Waals surface area contributed by atoms with Crippen molar-refractivity contribution in [3.8, 4) is 11.5 Å². The van der Waals surface area contributed by atoms with E-state index >= 15 is 0 Å². The predicted molar refractivity (Wildman–Crippen MR) is 82.6 cm³/mol. The largest absolute Gasteiger partial charge is 0.485 e. The molecule has 0 saturated carbocycles. The van der Waals surface area contributed by atoms with Gasteiger partial charge in [-0.2, -0.15) is 0 Å². The molecular formula is C17H21NO5. The molecular weight excluding hydrogens is 298 g/mol. The number of carboxylic acids is 1. The lowest BCUT2D eigenvalue weighted by molar-refractivity contribution is -0.146. The quantitative estimate of drug-likeness (QED) is 0.919. The molecule has 0 aromatic heterocycles. The highest BCUT2D eigenvalue weighted by Gasteiger charge is 2.35. The Morgan fingerprint density at radius 2 is 2.00 bits per heavy atom. The zero-order chi connectivity index (χ0) is 16.2. The van der Waals surface area contributed by atoms with Gasteiger partial charge in [0.05, 0.1) is 0 Å². The van der Waals surface area contributed by atoms with Crippen molar-refractivity contribution >= 4 is 11.9 Å². The van der Waals surface area contributed by atoms with Crippen LogP contribution in [0.25, 0.3) is 0 Å². The van der Waals surface area contributed by atoms with Crippen LogP contribution in [0.2, 0.25) is 0 Å². The number of fused-ring (bicyclic) bond motifs is 1. The second-order valence-electron chi connectivity index (χ2n) is 5.98. The van der Waals surface area contributed by atoms with Crippen molar-refractivity contribution in [2.24, 2.45) is 0 Å². The number of carboxylic acid groups (broad SMARTS) is 1. The first kappa shape index (κ1) is 15.6. The van der Waals surface area contributed by atoms with Gasteiger partial charge in [-0.05, 0) is 37.8 Å². The van der Waals surface area contributed by atoms with Gasteiger partial charge in [-0.3, -0.25) is 9.59 Å². The van der Waals surface area contributed by atoms with Crippen LogP contribution in [0.4, 0.5) is 0 Å². The number of likely N-dealkylation sites (tertiary alicyclic amines) is 1. The zero-order valence-corrected chi connectivity index (χ0v) is 12.9. The molecule has 1 aromatic rings. The molecule has 0 spiro atoms. The lowest BCUT2D eigenvalue weighted by Gasteiger charge is -2.38. The third-order valence-electron chi connectivity index (χ3n) is 4.39. The number of hydrogen-bond acceptors (Lipinski definition) is 4. The Bertz CT molecular complexity index is 588. The van der Waals surface area contributed by atoms with E-state index in [4.69, 9.17) is 14.6 Å². The molecule has 1 fully saturated rings. The van der Waals surface area contributed by atoms with Crippen molar-refractivity contribution in [2.45, 2.75) is 44.2 Å². The van der Waals surface area contributed by atoms with Crippen LogP contribution in [0, 0.1) is 0 Å². The van der Waals surface area contributed by atoms with E-state index in [2.05, 4.69) is 0 Å². The van der Waals surface area contributed by atoms with Crippen LogP contribution in [0.5, 0.6) is 11.5 Å². The summed E-state index contributed by atoms with van der Waals surface area (Å²) >= 11 is 0. The highest BCUT2D eigenvalue weighted by atomic mass is 16.6. The first-order valence-electron chi connectivity index (χ1n) is 8.06. The molecule has 1 N–H and O–H groups in total. The van der Waals surface area contributed by atoms with Gasteiger partial charge in [0.2, 0.25) is 6.10 Å². The van der Waals surface area contributed by atoms with Crippen LogP contribution in [-0.4, -0.2) is 47.2 Å². The number of carbonyl (C=O) groups is 2. The van der Waals surface area contributed by atoms with Crippen LogP contribution < -0.4 is 9.47 Å². The van der Waals surface area contributed by atoms with Crippen molar-refractivity contribution in [2.75, 3.05) is 13.2 Å². The zero-order valence-electron chi connectivity index (χ0n) is 12.9. The van der Waals surface area contributed by atoms with Crippen LogP contribution >= 0.6 is 0 Å². The number of carbonyl (C=O) groups excluding carboxylic acids is 1. The number of rotatable bonds is 4. The minimum atomic E-state index is -0.825. The Morgan fingerprint density at radius 1 is 1.22 bits per heavy atom. The molecule has 3 rings (SSSR count). The van der Waals surface area contributed by atoms with E-state index in [1.165, 1.54) is 0 Å². The highest BCUT2D eigenvalue weighted by molar-refractivity contribution is 5.82. The van der Waals surface area contributed by atoms with Crippen molar-refractivity contribution in [3.63, 3.8) is 0 Å². The predicted octanol–water partition coefficient (Wildman–Crippen LogP) is 2.07. The van der Waals surface area contributed by atoms with Gasteiger partial charge >= 0.3 is 5.97 Å². The Kier molecular flexibility index (Phi) is 4.69. The maximum atomic E-state index is 12.8. The van der Waals surface area contributed by atoms with E-state index in [-0.39, 0.29) is 25.0 Å². The topological polar surface area (TPSA) is 76.1 Å². The summed E-state index contributed by atoms with van der Waals surface area (Å²) in [5.74, 6) is 0.303. The minimum absolute atomic E-state index is 0.0203. The highest BCUT2D eigenvalue weighted by Crippen LogP contribution is 2.32. The van der Waals surface area contributed by atoms with Gasteiger partial charge in [0.15, 0.2) is 11.5 Å². The molecule has 2 heterocycles. The summed E-state index contributed by atoms with van der Waals surface area (Å²) < 4.78 is 11.4. The molecule has 0 unspecified atom stereocenters. The number of benzene rings is 1. The van der Waals surface area contributed by atoms with Gasteiger partial charge < -0.3 is 19.5 Å². The summed E-state index contributed by atoms with van der Waals surface area (Å²) in [6.45, 7) is 0.850. The van der Waals surface area contributed by atoms with Gasteiger partial charge in [-0.15, -0.1) is 0 Å². The van der Waals surface area contributed by atoms with Crippen molar-refractivity contribution < 1.29 is 24.2 Å². The van der Waals surface area contributed by atoms with Gasteiger partial charge in [0, 0.05) is 19.0 Å². The van der Waals surface area contributed by atoms with E-state index in [1.807, 2.05) is 18.2 Å². The van der Waals surface area contributed by atoms with Crippen LogP contribution in [0.1, 0.15) is 32.1 Å². The third kappa shape index (κ3) is 3.57. The van der Waals surface area contributed by atoms with E-state index in [0.717, 1.165) is 19.3 Å². The minimum Gasteiger partial charge on any atom is -0.485 e. The molecule has 0 radical (unpaired) electrons. The lowest BCUT2D eigenvalue weighted by Crippen LogP contribution is -2.52. The molecule has 6 heteroatoms. The van der Waals surface area contributed by atoms with Gasteiger partial charge in [0.1, 0.15) is 6.61 Å². The molecule has 124 valence electrons. The number of nitrogens with zero attached hydrogens (tertiary/aromatic N) is 1. The second-order valence-corrected chi connectivity index (χ2v) is 5.98. The summed E-state index contributed by atoms with van der Waals surface area (Å²) in [5, 5.41) is 8.88. The SMILES string of the molecule is O=C(O)CC[C@@H]1CCCCN1C(=O)[C@H]1COc2ccccc2O1. The van der Waals surface area contributed by atoms with E-state index in [9.17, 15) is 9.59 Å². The summed E-state index contributed by atoms with van der Waals surface area (Å²) in [6.07, 6.45) is 2.74. The van der Waals surface area contributed by atoms with Gasteiger partial charge in [-0.25, -0.2) is 0 Å². The van der Waals surface area contributed by atoms with E-state index in [1.54, 1.807) is 11.0 Å². The van der Waals surface area contributed by atoms with Crippen molar-refractivity contribution in [1.82, 2.24) is 4.90 Å². The molecule has 0 bridgehead atoms. The first-order valence-corrected chi connectivity index (χ1v) is 8.06. The fraction of sp³-hybridized carbons (Fsp3) is 0.529. The summed E-state index contributed by atoms with van der Waals surface area (Å²) in [4.78, 5) is 25.4. The van der Waals surface area contributed by atoms with Crippen LogP contribution in [-0.2, 0) is 9.59 Å². The summed E-state index contributed by atoms with van der Waals surface area (Å²) in [5.41, 5.74) is 0. The van der Waals surface area contributed by atoms with Crippen LogP contribution in [0.3, 0.4) is 0 Å². The average molecular weight is 319 g/mol. The molecule has 2 aliphatic heterocycles. The fourth-order valence-corrected chi connectivity index (χ4v) is 3.21. The Balaban J connectivity index is 1.67. The summed E-state index contributed by atoms with van der Waals surface area (Å²) in [7, 11) is 0. The Morgan fingerprint density at radius 3 is 2.78 bits per heavy atom. The van der Waals surface area contributed by atoms with Gasteiger partial charge in [-0.1, -0.05) is 12.1 Å². The standard InChI is InChI=1S/C17H21NO5/c19-16(20)9-8-12-5-3-4-10-18(12)17(21)15-11-22-13-6-1-2-7-14(13)23-15/h1-2,6-7,12,15H,3-5,8-11H2,(H,19,20)/t12-,15+/m0/s1. The fourth-order valence-electron chi connectivity index (χ4n) is 3.21. The smallest absolute Gasteiger partial charge is 0.303 e. The van der Waals surface area contributed by atoms with Crippen LogP contribution in [0.15, 0.2) is 24.3 Å². The first-order chi connectivity index (χ1) is 11.1. The Labute approximate surface area is 135 Å².